The lowest BCUT2D eigenvalue weighted by Gasteiger charge is -2.37. The first kappa shape index (κ1) is 13.5. The molecular weight excluding hydrogens is 244 g/mol. The van der Waals surface area contributed by atoms with Gasteiger partial charge in [-0.25, -0.2) is 4.79 Å². The minimum atomic E-state index is -1.07. The van der Waals surface area contributed by atoms with Gasteiger partial charge in [0.1, 0.15) is 0 Å². The highest BCUT2D eigenvalue weighted by molar-refractivity contribution is 5.85. The largest absolute Gasteiger partial charge is 0.479 e. The predicted molar refractivity (Wildman–Crippen MR) is 70.3 cm³/mol. The predicted octanol–water partition coefficient (Wildman–Crippen LogP) is 1.20. The van der Waals surface area contributed by atoms with E-state index in [-0.39, 0.29) is 12.3 Å². The number of carboxylic acid groups (broad SMARTS) is 1. The van der Waals surface area contributed by atoms with E-state index in [2.05, 4.69) is 5.32 Å². The molecule has 102 valence electrons. The molecule has 1 amide bonds. The van der Waals surface area contributed by atoms with Crippen LogP contribution in [0.4, 0.5) is 0 Å². The molecular formula is C14H18N2O3. The second-order valence-electron chi connectivity index (χ2n) is 5.14. The molecule has 1 fully saturated rings. The van der Waals surface area contributed by atoms with Gasteiger partial charge in [0, 0.05) is 12.0 Å². The second-order valence-corrected chi connectivity index (χ2v) is 5.14. The van der Waals surface area contributed by atoms with Crippen molar-refractivity contribution in [1.29, 1.82) is 0 Å². The van der Waals surface area contributed by atoms with E-state index in [4.69, 9.17) is 5.73 Å². The topological polar surface area (TPSA) is 92.4 Å². The zero-order valence-electron chi connectivity index (χ0n) is 10.6. The van der Waals surface area contributed by atoms with Crippen molar-refractivity contribution in [3.05, 3.63) is 35.9 Å². The van der Waals surface area contributed by atoms with E-state index < -0.39 is 17.6 Å². The van der Waals surface area contributed by atoms with Crippen LogP contribution in [0.2, 0.25) is 0 Å². The van der Waals surface area contributed by atoms with E-state index in [1.54, 1.807) is 30.3 Å². The lowest BCUT2D eigenvalue weighted by atomic mass is 9.75. The summed E-state index contributed by atoms with van der Waals surface area (Å²) in [7, 11) is 0. The van der Waals surface area contributed by atoms with Crippen molar-refractivity contribution >= 4 is 11.9 Å². The highest BCUT2D eigenvalue weighted by Gasteiger charge is 2.35. The molecule has 1 saturated carbocycles. The highest BCUT2D eigenvalue weighted by Crippen LogP contribution is 2.32. The van der Waals surface area contributed by atoms with Crippen LogP contribution in [0, 0.1) is 0 Å². The number of aliphatic carboxylic acids is 1. The van der Waals surface area contributed by atoms with E-state index >= 15 is 0 Å². The van der Waals surface area contributed by atoms with Gasteiger partial charge in [-0.3, -0.25) is 4.79 Å². The fourth-order valence-corrected chi connectivity index (χ4v) is 2.27. The lowest BCUT2D eigenvalue weighted by Crippen LogP contribution is -2.50. The van der Waals surface area contributed by atoms with Crippen molar-refractivity contribution in [1.82, 2.24) is 5.32 Å². The molecule has 0 spiro atoms. The van der Waals surface area contributed by atoms with E-state index in [1.807, 2.05) is 0 Å². The number of nitrogens with one attached hydrogen (secondary N) is 1. The number of nitrogens with two attached hydrogens (primary N) is 1. The molecule has 5 nitrogen and oxygen atoms in total. The normalized spacial score (nSPS) is 18.2. The van der Waals surface area contributed by atoms with Gasteiger partial charge in [0.15, 0.2) is 6.04 Å². The average Bonchev–Trinajstić information content (AvgIpc) is 2.35. The van der Waals surface area contributed by atoms with Crippen LogP contribution in [0.1, 0.15) is 37.3 Å². The number of hydrogen-bond acceptors (Lipinski definition) is 3. The third kappa shape index (κ3) is 3.32. The maximum absolute atomic E-state index is 11.9. The third-order valence-corrected chi connectivity index (χ3v) is 3.55. The molecule has 1 aromatic rings. The standard InChI is InChI=1S/C14H18N2O3/c15-14(7-4-8-14)9-11(17)16-12(13(18)19)10-5-2-1-3-6-10/h1-3,5-6,12H,4,7-9,15H2,(H,16,17)(H,18,19). The number of amides is 1. The summed E-state index contributed by atoms with van der Waals surface area (Å²) in [5.41, 5.74) is 6.10. The Morgan fingerprint density at radius 1 is 1.32 bits per heavy atom. The fraction of sp³-hybridized carbons (Fsp3) is 0.429. The van der Waals surface area contributed by atoms with E-state index in [0.717, 1.165) is 19.3 Å². The molecule has 0 heterocycles. The fourth-order valence-electron chi connectivity index (χ4n) is 2.27. The van der Waals surface area contributed by atoms with Crippen molar-refractivity contribution in [3.63, 3.8) is 0 Å². The molecule has 0 bridgehead atoms. The lowest BCUT2D eigenvalue weighted by molar-refractivity contribution is -0.142. The van der Waals surface area contributed by atoms with Gasteiger partial charge in [-0.2, -0.15) is 0 Å². The van der Waals surface area contributed by atoms with Crippen LogP contribution in [0.25, 0.3) is 0 Å². The Morgan fingerprint density at radius 3 is 2.42 bits per heavy atom. The summed E-state index contributed by atoms with van der Waals surface area (Å²) in [5, 5.41) is 11.7. The Kier molecular flexibility index (Phi) is 3.85. The summed E-state index contributed by atoms with van der Waals surface area (Å²) < 4.78 is 0. The Bertz CT molecular complexity index is 469. The third-order valence-electron chi connectivity index (χ3n) is 3.55. The molecule has 1 aliphatic carbocycles. The first-order valence-electron chi connectivity index (χ1n) is 6.36. The van der Waals surface area contributed by atoms with Gasteiger partial charge in [0.2, 0.25) is 5.91 Å². The smallest absolute Gasteiger partial charge is 0.330 e. The van der Waals surface area contributed by atoms with Crippen LogP contribution < -0.4 is 11.1 Å². The van der Waals surface area contributed by atoms with Gasteiger partial charge < -0.3 is 16.2 Å². The molecule has 5 heteroatoms. The van der Waals surface area contributed by atoms with Gasteiger partial charge in [0.25, 0.3) is 0 Å². The van der Waals surface area contributed by atoms with E-state index in [9.17, 15) is 14.7 Å². The Balaban J connectivity index is 2.01. The first-order chi connectivity index (χ1) is 9.00. The summed E-state index contributed by atoms with van der Waals surface area (Å²) >= 11 is 0. The molecule has 19 heavy (non-hydrogen) atoms. The number of carbonyl (C=O) groups is 2. The zero-order chi connectivity index (χ0) is 13.9. The quantitative estimate of drug-likeness (QED) is 0.743. The highest BCUT2D eigenvalue weighted by atomic mass is 16.4. The molecule has 0 aromatic heterocycles. The van der Waals surface area contributed by atoms with E-state index in [1.165, 1.54) is 0 Å². The minimum Gasteiger partial charge on any atom is -0.479 e. The Hall–Kier alpha value is -1.88. The van der Waals surface area contributed by atoms with Crippen molar-refractivity contribution in [2.75, 3.05) is 0 Å². The summed E-state index contributed by atoms with van der Waals surface area (Å²) in [4.78, 5) is 23.1. The monoisotopic (exact) mass is 262 g/mol. The SMILES string of the molecule is NC1(CC(=O)NC(C(=O)O)c2ccccc2)CCC1. The number of benzene rings is 1. The summed E-state index contributed by atoms with van der Waals surface area (Å²) in [6, 6.07) is 7.63. The number of carbonyl (C=O) groups excluding carboxylic acids is 1. The molecule has 0 aliphatic heterocycles. The van der Waals surface area contributed by atoms with Gasteiger partial charge >= 0.3 is 5.97 Å². The maximum atomic E-state index is 11.9. The zero-order valence-corrected chi connectivity index (χ0v) is 10.6. The molecule has 2 rings (SSSR count). The van der Waals surface area contributed by atoms with Gasteiger partial charge in [-0.05, 0) is 24.8 Å². The van der Waals surface area contributed by atoms with Crippen LogP contribution in [-0.4, -0.2) is 22.5 Å². The molecule has 1 atom stereocenters. The maximum Gasteiger partial charge on any atom is 0.330 e. The summed E-state index contributed by atoms with van der Waals surface area (Å²) in [5.74, 6) is -1.38. The van der Waals surface area contributed by atoms with Crippen molar-refractivity contribution < 1.29 is 14.7 Å². The van der Waals surface area contributed by atoms with Crippen molar-refractivity contribution in [2.45, 2.75) is 37.3 Å². The number of carboxylic acids is 1. The number of rotatable bonds is 5. The number of hydrogen-bond donors (Lipinski definition) is 3. The van der Waals surface area contributed by atoms with Crippen LogP contribution in [-0.2, 0) is 9.59 Å². The molecule has 1 unspecified atom stereocenters. The molecule has 0 saturated heterocycles. The molecule has 4 N–H and O–H groups in total. The van der Waals surface area contributed by atoms with Gasteiger partial charge in [-0.15, -0.1) is 0 Å². The second kappa shape index (κ2) is 5.40. The molecule has 0 radical (unpaired) electrons. The van der Waals surface area contributed by atoms with Crippen molar-refractivity contribution in [3.8, 4) is 0 Å². The minimum absolute atomic E-state index is 0.184. The van der Waals surface area contributed by atoms with Gasteiger partial charge in [0.05, 0.1) is 0 Å². The molecule has 1 aliphatic rings. The summed E-state index contributed by atoms with van der Waals surface area (Å²) in [6.45, 7) is 0. The van der Waals surface area contributed by atoms with E-state index in [0.29, 0.717) is 5.56 Å². The Labute approximate surface area is 111 Å². The van der Waals surface area contributed by atoms with Crippen LogP contribution in [0.3, 0.4) is 0 Å². The molecule has 1 aromatic carbocycles. The van der Waals surface area contributed by atoms with Crippen molar-refractivity contribution in [2.24, 2.45) is 5.73 Å². The van der Waals surface area contributed by atoms with Gasteiger partial charge in [-0.1, -0.05) is 30.3 Å². The van der Waals surface area contributed by atoms with Crippen LogP contribution >= 0.6 is 0 Å². The Morgan fingerprint density at radius 2 is 1.95 bits per heavy atom. The van der Waals surface area contributed by atoms with Crippen LogP contribution in [0.5, 0.6) is 0 Å². The summed E-state index contributed by atoms with van der Waals surface area (Å²) in [6.07, 6.45) is 2.86. The first-order valence-corrected chi connectivity index (χ1v) is 6.36. The average molecular weight is 262 g/mol. The van der Waals surface area contributed by atoms with Crippen LogP contribution in [0.15, 0.2) is 30.3 Å².